The molecule has 0 spiro atoms. The van der Waals surface area contributed by atoms with E-state index in [1.54, 1.807) is 0 Å². The third-order valence-electron chi connectivity index (χ3n) is 3.11. The van der Waals surface area contributed by atoms with Gasteiger partial charge in [0, 0.05) is 6.07 Å². The van der Waals surface area contributed by atoms with Gasteiger partial charge < -0.3 is 10.2 Å². The molecule has 2 aromatic carbocycles. The quantitative estimate of drug-likeness (QED) is 0.647. The van der Waals surface area contributed by atoms with Gasteiger partial charge in [0.15, 0.2) is 17.9 Å². The van der Waals surface area contributed by atoms with Gasteiger partial charge in [0.25, 0.3) is 0 Å². The molecule has 0 heterocycles. The molecule has 24 heavy (non-hydrogen) atoms. The second-order valence-corrected chi connectivity index (χ2v) is 4.65. The summed E-state index contributed by atoms with van der Waals surface area (Å²) in [5.74, 6) is -2.20. The highest BCUT2D eigenvalue weighted by Crippen LogP contribution is 2.34. The maximum absolute atomic E-state index is 13.6. The van der Waals surface area contributed by atoms with E-state index in [-0.39, 0.29) is 17.7 Å². The van der Waals surface area contributed by atoms with Gasteiger partial charge in [0.05, 0.1) is 22.5 Å². The second kappa shape index (κ2) is 6.19. The number of carbonyl (C=O) groups excluding carboxylic acids is 1. The standard InChI is InChI=1S/C15H9F4NO4/c16-12-6-11(5-8(7-21)13(12)22)20(14(23)24)10-3-1-9(2-4-10)15(17,18)19/h1-7,22H,(H,23,24). The number of amides is 1. The number of carboxylic acid groups (broad SMARTS) is 1. The van der Waals surface area contributed by atoms with E-state index >= 15 is 0 Å². The minimum Gasteiger partial charge on any atom is -0.504 e. The average molecular weight is 343 g/mol. The van der Waals surface area contributed by atoms with Crippen molar-refractivity contribution in [2.45, 2.75) is 6.18 Å². The first kappa shape index (κ1) is 17.3. The first-order valence-corrected chi connectivity index (χ1v) is 6.33. The van der Waals surface area contributed by atoms with Crippen molar-refractivity contribution in [1.82, 2.24) is 0 Å². The van der Waals surface area contributed by atoms with E-state index in [1.807, 2.05) is 0 Å². The summed E-state index contributed by atoms with van der Waals surface area (Å²) in [6.07, 6.45) is -6.09. The Labute approximate surface area is 132 Å². The van der Waals surface area contributed by atoms with Crippen LogP contribution < -0.4 is 4.90 Å². The molecule has 0 aromatic heterocycles. The van der Waals surface area contributed by atoms with Crippen LogP contribution >= 0.6 is 0 Å². The fraction of sp³-hybridized carbons (Fsp3) is 0.0667. The van der Waals surface area contributed by atoms with Crippen molar-refractivity contribution in [3.8, 4) is 5.75 Å². The number of benzene rings is 2. The number of aldehydes is 1. The van der Waals surface area contributed by atoms with Crippen LogP contribution in [0.5, 0.6) is 5.75 Å². The number of rotatable bonds is 3. The molecule has 126 valence electrons. The summed E-state index contributed by atoms with van der Waals surface area (Å²) in [4.78, 5) is 22.7. The molecule has 2 aromatic rings. The van der Waals surface area contributed by atoms with Gasteiger partial charge in [0.1, 0.15) is 0 Å². The van der Waals surface area contributed by atoms with E-state index in [0.717, 1.165) is 18.2 Å². The zero-order valence-corrected chi connectivity index (χ0v) is 11.7. The number of phenolic OH excluding ortho intramolecular Hbond substituents is 1. The number of carbonyl (C=O) groups is 2. The summed E-state index contributed by atoms with van der Waals surface area (Å²) < 4.78 is 51.3. The smallest absolute Gasteiger partial charge is 0.416 e. The van der Waals surface area contributed by atoms with E-state index in [0.29, 0.717) is 23.1 Å². The fourth-order valence-corrected chi connectivity index (χ4v) is 1.99. The molecule has 9 heteroatoms. The molecule has 2 rings (SSSR count). The Morgan fingerprint density at radius 1 is 1.08 bits per heavy atom. The van der Waals surface area contributed by atoms with Crippen LogP contribution in [-0.2, 0) is 6.18 Å². The lowest BCUT2D eigenvalue weighted by Crippen LogP contribution is -2.24. The Balaban J connectivity index is 2.53. The number of aromatic hydroxyl groups is 1. The van der Waals surface area contributed by atoms with Crippen LogP contribution in [0.15, 0.2) is 36.4 Å². The van der Waals surface area contributed by atoms with Crippen LogP contribution in [0.25, 0.3) is 0 Å². The molecule has 0 fully saturated rings. The lowest BCUT2D eigenvalue weighted by atomic mass is 10.1. The van der Waals surface area contributed by atoms with Gasteiger partial charge in [-0.25, -0.2) is 14.1 Å². The minimum atomic E-state index is -4.60. The minimum absolute atomic E-state index is 0.120. The second-order valence-electron chi connectivity index (χ2n) is 4.65. The molecule has 0 atom stereocenters. The lowest BCUT2D eigenvalue weighted by molar-refractivity contribution is -0.137. The lowest BCUT2D eigenvalue weighted by Gasteiger charge is -2.20. The highest BCUT2D eigenvalue weighted by molar-refractivity contribution is 5.96. The first-order valence-electron chi connectivity index (χ1n) is 6.33. The molecule has 0 aliphatic heterocycles. The Morgan fingerprint density at radius 2 is 1.67 bits per heavy atom. The number of hydrogen-bond acceptors (Lipinski definition) is 3. The van der Waals surface area contributed by atoms with Crippen molar-refractivity contribution in [2.24, 2.45) is 0 Å². The molecule has 0 bridgehead atoms. The van der Waals surface area contributed by atoms with E-state index in [1.165, 1.54) is 0 Å². The van der Waals surface area contributed by atoms with Crippen LogP contribution in [0.1, 0.15) is 15.9 Å². The Kier molecular flexibility index (Phi) is 4.45. The van der Waals surface area contributed by atoms with Gasteiger partial charge in [-0.2, -0.15) is 13.2 Å². The maximum atomic E-state index is 13.6. The molecule has 0 radical (unpaired) electrons. The third-order valence-corrected chi connectivity index (χ3v) is 3.11. The Hall–Kier alpha value is -3.10. The summed E-state index contributed by atoms with van der Waals surface area (Å²) in [6, 6.07) is 4.67. The van der Waals surface area contributed by atoms with Gasteiger partial charge in [-0.3, -0.25) is 4.79 Å². The molecule has 2 N–H and O–H groups in total. The predicted molar refractivity (Wildman–Crippen MR) is 75.1 cm³/mol. The van der Waals surface area contributed by atoms with Gasteiger partial charge in [-0.15, -0.1) is 0 Å². The molecule has 0 aliphatic rings. The van der Waals surface area contributed by atoms with Crippen molar-refractivity contribution in [3.63, 3.8) is 0 Å². The van der Waals surface area contributed by atoms with Crippen molar-refractivity contribution in [3.05, 3.63) is 53.3 Å². The topological polar surface area (TPSA) is 77.8 Å². The number of alkyl halides is 3. The largest absolute Gasteiger partial charge is 0.504 e. The molecular formula is C15H9F4NO4. The van der Waals surface area contributed by atoms with E-state index in [2.05, 4.69) is 0 Å². The van der Waals surface area contributed by atoms with Crippen LogP contribution in [0.4, 0.5) is 33.7 Å². The summed E-state index contributed by atoms with van der Waals surface area (Å²) in [5, 5.41) is 18.6. The molecule has 0 aliphatic carbocycles. The summed E-state index contributed by atoms with van der Waals surface area (Å²) >= 11 is 0. The fourth-order valence-electron chi connectivity index (χ4n) is 1.99. The summed E-state index contributed by atoms with van der Waals surface area (Å²) in [6.45, 7) is 0. The van der Waals surface area contributed by atoms with Crippen LogP contribution in [0, 0.1) is 5.82 Å². The van der Waals surface area contributed by atoms with E-state index < -0.39 is 35.0 Å². The Morgan fingerprint density at radius 3 is 2.12 bits per heavy atom. The zero-order valence-electron chi connectivity index (χ0n) is 11.7. The number of hydrogen-bond donors (Lipinski definition) is 2. The molecular weight excluding hydrogens is 334 g/mol. The maximum Gasteiger partial charge on any atom is 0.416 e. The van der Waals surface area contributed by atoms with E-state index in [4.69, 9.17) is 0 Å². The van der Waals surface area contributed by atoms with E-state index in [9.17, 15) is 37.4 Å². The normalized spacial score (nSPS) is 11.2. The molecule has 0 unspecified atom stereocenters. The van der Waals surface area contributed by atoms with Gasteiger partial charge in [0.2, 0.25) is 0 Å². The van der Waals surface area contributed by atoms with Gasteiger partial charge >= 0.3 is 12.3 Å². The van der Waals surface area contributed by atoms with Crippen molar-refractivity contribution in [1.29, 1.82) is 0 Å². The molecule has 5 nitrogen and oxygen atoms in total. The number of nitrogens with zero attached hydrogens (tertiary/aromatic N) is 1. The average Bonchev–Trinajstić information content (AvgIpc) is 2.50. The summed E-state index contributed by atoms with van der Waals surface area (Å²) in [7, 11) is 0. The third kappa shape index (κ3) is 3.29. The Bertz CT molecular complexity index is 787. The SMILES string of the molecule is O=Cc1cc(N(C(=O)O)c2ccc(C(F)(F)F)cc2)cc(F)c1O. The molecule has 1 amide bonds. The van der Waals surface area contributed by atoms with Gasteiger partial charge in [-0.05, 0) is 30.3 Å². The molecule has 0 saturated carbocycles. The number of anilines is 2. The van der Waals surface area contributed by atoms with Crippen molar-refractivity contribution < 1.29 is 37.4 Å². The van der Waals surface area contributed by atoms with Crippen LogP contribution in [-0.4, -0.2) is 22.6 Å². The molecule has 0 saturated heterocycles. The number of phenols is 1. The van der Waals surface area contributed by atoms with Crippen molar-refractivity contribution in [2.75, 3.05) is 4.90 Å². The van der Waals surface area contributed by atoms with Crippen LogP contribution in [0.2, 0.25) is 0 Å². The first-order chi connectivity index (χ1) is 11.1. The zero-order chi connectivity index (χ0) is 18.1. The highest BCUT2D eigenvalue weighted by atomic mass is 19.4. The monoisotopic (exact) mass is 343 g/mol. The number of halogens is 4. The van der Waals surface area contributed by atoms with Crippen LogP contribution in [0.3, 0.4) is 0 Å². The predicted octanol–water partition coefficient (Wildman–Crippen LogP) is 4.18. The highest BCUT2D eigenvalue weighted by Gasteiger charge is 2.30. The van der Waals surface area contributed by atoms with Gasteiger partial charge in [-0.1, -0.05) is 0 Å². The van der Waals surface area contributed by atoms with Crippen molar-refractivity contribution >= 4 is 23.8 Å². The summed E-state index contributed by atoms with van der Waals surface area (Å²) in [5.41, 5.74) is -2.03.